The Morgan fingerprint density at radius 2 is 0.826 bits per heavy atom. The molecule has 23 heavy (non-hydrogen) atoms. The summed E-state index contributed by atoms with van der Waals surface area (Å²) in [6.45, 7) is 4.33. The zero-order chi connectivity index (χ0) is 17.1. The molecule has 0 heterocycles. The summed E-state index contributed by atoms with van der Waals surface area (Å²) >= 11 is 0. The molecule has 0 rings (SSSR count). The van der Waals surface area contributed by atoms with Crippen LogP contribution in [0.1, 0.15) is 104 Å². The van der Waals surface area contributed by atoms with Crippen molar-refractivity contribution in [2.45, 2.75) is 104 Å². The third-order valence-electron chi connectivity index (χ3n) is 3.49. The maximum absolute atomic E-state index is 10.2. The Balaban J connectivity index is -0.000000354. The molecule has 0 aromatic rings. The van der Waals surface area contributed by atoms with Gasteiger partial charge in [0.2, 0.25) is 0 Å². The molecule has 134 valence electrons. The monoisotopic (exact) mass is 380 g/mol. The van der Waals surface area contributed by atoms with Crippen LogP contribution in [0.3, 0.4) is 0 Å². The van der Waals surface area contributed by atoms with Gasteiger partial charge in [0, 0.05) is 32.3 Å². The first kappa shape index (κ1) is 27.4. The second-order valence-electron chi connectivity index (χ2n) is 5.82. The third-order valence-corrected chi connectivity index (χ3v) is 3.49. The molecule has 0 fully saturated rings. The van der Waals surface area contributed by atoms with E-state index in [1.807, 2.05) is 0 Å². The summed E-state index contributed by atoms with van der Waals surface area (Å²) in [5.41, 5.74) is 0. The van der Waals surface area contributed by atoms with Gasteiger partial charge in [0.15, 0.2) is 0 Å². The number of carbonyl (C=O) groups is 2. The average molecular weight is 382 g/mol. The summed E-state index contributed by atoms with van der Waals surface area (Å²) in [7, 11) is 0. The molecule has 0 saturated heterocycles. The van der Waals surface area contributed by atoms with Crippen molar-refractivity contribution in [3.63, 3.8) is 0 Å². The van der Waals surface area contributed by atoms with Gasteiger partial charge in [-0.1, -0.05) is 78.1 Å². The van der Waals surface area contributed by atoms with Crippen LogP contribution in [0.2, 0.25) is 0 Å². The van der Waals surface area contributed by atoms with Crippen molar-refractivity contribution in [3.05, 3.63) is 0 Å². The Morgan fingerprint density at radius 1 is 0.565 bits per heavy atom. The fourth-order valence-corrected chi connectivity index (χ4v) is 2.11. The minimum atomic E-state index is -0.675. The van der Waals surface area contributed by atoms with E-state index in [1.165, 1.54) is 44.9 Å². The van der Waals surface area contributed by atoms with Crippen molar-refractivity contribution in [1.29, 1.82) is 0 Å². The zero-order valence-electron chi connectivity index (χ0n) is 15.3. The summed E-state index contributed by atoms with van der Waals surface area (Å²) in [5.74, 6) is -1.34. The van der Waals surface area contributed by atoms with Gasteiger partial charge in [-0.3, -0.25) is 9.59 Å². The first-order valence-corrected chi connectivity index (χ1v) is 8.98. The Labute approximate surface area is 155 Å². The van der Waals surface area contributed by atoms with Gasteiger partial charge < -0.3 is 10.2 Å². The van der Waals surface area contributed by atoms with E-state index in [4.69, 9.17) is 10.2 Å². The van der Waals surface area contributed by atoms with Gasteiger partial charge >= 0.3 is 11.9 Å². The minimum Gasteiger partial charge on any atom is -0.481 e. The SMILES string of the molecule is CCCCCCC(=O)O.CCCCCCCCCCC(=O)O.[Zn]. The zero-order valence-corrected chi connectivity index (χ0v) is 18.3. The standard InChI is InChI=1S/C11H22O2.C7H14O2.Zn/c1-2-3-4-5-6-7-8-9-10-11(12)13;1-2-3-4-5-6-7(8)9;/h2-10H2,1H3,(H,12,13);2-6H2,1H3,(H,8,9);. The molecular formula is C18H36O4Zn. The van der Waals surface area contributed by atoms with Gasteiger partial charge in [0.05, 0.1) is 0 Å². The van der Waals surface area contributed by atoms with E-state index >= 15 is 0 Å². The Bertz CT molecular complexity index is 257. The summed E-state index contributed by atoms with van der Waals surface area (Å²) < 4.78 is 0. The molecule has 4 nitrogen and oxygen atoms in total. The summed E-state index contributed by atoms with van der Waals surface area (Å²) in [6, 6.07) is 0. The van der Waals surface area contributed by atoms with E-state index in [9.17, 15) is 9.59 Å². The topological polar surface area (TPSA) is 74.6 Å². The second kappa shape index (κ2) is 23.8. The molecule has 0 aliphatic rings. The predicted molar refractivity (Wildman–Crippen MR) is 91.3 cm³/mol. The molecule has 0 radical (unpaired) electrons. The Kier molecular flexibility index (Phi) is 28.4. The Hall–Kier alpha value is -0.437. The van der Waals surface area contributed by atoms with Crippen molar-refractivity contribution in [1.82, 2.24) is 0 Å². The third kappa shape index (κ3) is 34.1. The molecular weight excluding hydrogens is 346 g/mol. The predicted octanol–water partition coefficient (Wildman–Crippen LogP) is 5.64. The van der Waals surface area contributed by atoms with E-state index in [1.54, 1.807) is 0 Å². The molecule has 0 atom stereocenters. The number of unbranched alkanes of at least 4 members (excludes halogenated alkanes) is 10. The fraction of sp³-hybridized carbons (Fsp3) is 0.889. The van der Waals surface area contributed by atoms with Gasteiger partial charge in [-0.05, 0) is 12.8 Å². The number of aliphatic carboxylic acids is 2. The molecule has 0 saturated carbocycles. The summed E-state index contributed by atoms with van der Waals surface area (Å²) in [5, 5.41) is 16.6. The Morgan fingerprint density at radius 3 is 1.13 bits per heavy atom. The molecule has 0 unspecified atom stereocenters. The van der Waals surface area contributed by atoms with E-state index in [-0.39, 0.29) is 19.5 Å². The normalized spacial score (nSPS) is 9.48. The van der Waals surface area contributed by atoms with Crippen LogP contribution in [0.4, 0.5) is 0 Å². The van der Waals surface area contributed by atoms with Crippen LogP contribution in [0.15, 0.2) is 0 Å². The maximum Gasteiger partial charge on any atom is 0.303 e. The van der Waals surface area contributed by atoms with Gasteiger partial charge in [0.1, 0.15) is 0 Å². The van der Waals surface area contributed by atoms with Crippen molar-refractivity contribution >= 4 is 11.9 Å². The van der Waals surface area contributed by atoms with Crippen LogP contribution >= 0.6 is 0 Å². The first-order valence-electron chi connectivity index (χ1n) is 8.98. The summed E-state index contributed by atoms with van der Waals surface area (Å²) in [6.07, 6.45) is 14.6. The molecule has 0 aromatic carbocycles. The molecule has 0 aliphatic carbocycles. The minimum absolute atomic E-state index is 0. The summed E-state index contributed by atoms with van der Waals surface area (Å²) in [4.78, 5) is 20.1. The van der Waals surface area contributed by atoms with Crippen molar-refractivity contribution in [2.75, 3.05) is 0 Å². The van der Waals surface area contributed by atoms with Crippen molar-refractivity contribution in [3.8, 4) is 0 Å². The smallest absolute Gasteiger partial charge is 0.303 e. The molecule has 2 N–H and O–H groups in total. The van der Waals surface area contributed by atoms with E-state index in [0.717, 1.165) is 32.1 Å². The van der Waals surface area contributed by atoms with E-state index < -0.39 is 11.9 Å². The second-order valence-corrected chi connectivity index (χ2v) is 5.82. The average Bonchev–Trinajstić information content (AvgIpc) is 2.47. The van der Waals surface area contributed by atoms with Crippen molar-refractivity contribution < 1.29 is 39.3 Å². The van der Waals surface area contributed by atoms with Gasteiger partial charge in [0.25, 0.3) is 0 Å². The van der Waals surface area contributed by atoms with Crippen LogP contribution in [0, 0.1) is 0 Å². The van der Waals surface area contributed by atoms with Crippen molar-refractivity contribution in [2.24, 2.45) is 0 Å². The number of hydrogen-bond donors (Lipinski definition) is 2. The molecule has 0 aliphatic heterocycles. The maximum atomic E-state index is 10.2. The molecule has 5 heteroatoms. The van der Waals surface area contributed by atoms with Gasteiger partial charge in [-0.25, -0.2) is 0 Å². The number of carboxylic acid groups (broad SMARTS) is 2. The number of carboxylic acids is 2. The van der Waals surface area contributed by atoms with E-state index in [0.29, 0.717) is 12.8 Å². The van der Waals surface area contributed by atoms with Crippen LogP contribution in [-0.2, 0) is 29.1 Å². The van der Waals surface area contributed by atoms with Crippen LogP contribution in [0.25, 0.3) is 0 Å². The van der Waals surface area contributed by atoms with E-state index in [2.05, 4.69) is 13.8 Å². The van der Waals surface area contributed by atoms with Crippen LogP contribution in [0.5, 0.6) is 0 Å². The van der Waals surface area contributed by atoms with Crippen LogP contribution in [-0.4, -0.2) is 22.2 Å². The first-order chi connectivity index (χ1) is 10.5. The largest absolute Gasteiger partial charge is 0.481 e. The van der Waals surface area contributed by atoms with Crippen LogP contribution < -0.4 is 0 Å². The van der Waals surface area contributed by atoms with Gasteiger partial charge in [-0.15, -0.1) is 0 Å². The molecule has 0 aromatic heterocycles. The number of hydrogen-bond acceptors (Lipinski definition) is 2. The van der Waals surface area contributed by atoms with Gasteiger partial charge in [-0.2, -0.15) is 0 Å². The number of rotatable bonds is 14. The fourth-order valence-electron chi connectivity index (χ4n) is 2.11. The quantitative estimate of drug-likeness (QED) is 0.301. The molecule has 0 bridgehead atoms. The molecule has 0 amide bonds. The molecule has 0 spiro atoms.